The molecule has 0 saturated heterocycles. The summed E-state index contributed by atoms with van der Waals surface area (Å²) in [6.07, 6.45) is 1.68. The molecule has 0 bridgehead atoms. The summed E-state index contributed by atoms with van der Waals surface area (Å²) in [6, 6.07) is 6.30. The Morgan fingerprint density at radius 1 is 1.38 bits per heavy atom. The minimum Gasteiger partial charge on any atom is -0.330 e. The molecule has 0 spiro atoms. The molecule has 1 unspecified atom stereocenters. The van der Waals surface area contributed by atoms with E-state index in [2.05, 4.69) is 0 Å². The van der Waals surface area contributed by atoms with Crippen molar-refractivity contribution in [1.29, 1.82) is 0 Å². The van der Waals surface area contributed by atoms with Crippen molar-refractivity contribution in [2.75, 3.05) is 6.54 Å². The molecule has 0 aromatic heterocycles. The first-order chi connectivity index (χ1) is 6.24. The SMILES string of the molecule is NCCCC(N)c1cccc(F)c1. The van der Waals surface area contributed by atoms with Gasteiger partial charge in [-0.2, -0.15) is 0 Å². The molecule has 0 aliphatic carbocycles. The van der Waals surface area contributed by atoms with Gasteiger partial charge >= 0.3 is 0 Å². The van der Waals surface area contributed by atoms with Crippen LogP contribution in [0.15, 0.2) is 24.3 Å². The van der Waals surface area contributed by atoms with E-state index in [1.807, 2.05) is 6.07 Å². The fraction of sp³-hybridized carbons (Fsp3) is 0.400. The van der Waals surface area contributed by atoms with E-state index < -0.39 is 0 Å². The number of rotatable bonds is 4. The summed E-state index contributed by atoms with van der Waals surface area (Å²) >= 11 is 0. The van der Waals surface area contributed by atoms with Crippen molar-refractivity contribution in [1.82, 2.24) is 0 Å². The number of nitrogens with two attached hydrogens (primary N) is 2. The maximum atomic E-state index is 12.8. The molecule has 3 heteroatoms. The zero-order valence-corrected chi connectivity index (χ0v) is 7.54. The second kappa shape index (κ2) is 4.94. The lowest BCUT2D eigenvalue weighted by Crippen LogP contribution is -2.12. The number of benzene rings is 1. The Balaban J connectivity index is 2.60. The Bertz CT molecular complexity index is 263. The van der Waals surface area contributed by atoms with Crippen molar-refractivity contribution in [3.8, 4) is 0 Å². The second-order valence-corrected chi connectivity index (χ2v) is 3.09. The van der Waals surface area contributed by atoms with E-state index in [9.17, 15) is 4.39 Å². The Morgan fingerprint density at radius 3 is 2.77 bits per heavy atom. The highest BCUT2D eigenvalue weighted by molar-refractivity contribution is 5.19. The highest BCUT2D eigenvalue weighted by atomic mass is 19.1. The van der Waals surface area contributed by atoms with Gasteiger partial charge in [-0.3, -0.25) is 0 Å². The van der Waals surface area contributed by atoms with Gasteiger partial charge < -0.3 is 11.5 Å². The van der Waals surface area contributed by atoms with Crippen LogP contribution in [0, 0.1) is 5.82 Å². The Hall–Kier alpha value is -0.930. The number of hydrogen-bond acceptors (Lipinski definition) is 2. The summed E-state index contributed by atoms with van der Waals surface area (Å²) in [5.74, 6) is -0.235. The van der Waals surface area contributed by atoms with Crippen LogP contribution in [0.25, 0.3) is 0 Å². The molecule has 1 aromatic rings. The smallest absolute Gasteiger partial charge is 0.123 e. The number of hydrogen-bond donors (Lipinski definition) is 2. The van der Waals surface area contributed by atoms with Crippen LogP contribution < -0.4 is 11.5 Å². The average Bonchev–Trinajstić information content (AvgIpc) is 2.14. The van der Waals surface area contributed by atoms with Gasteiger partial charge in [0.1, 0.15) is 5.82 Å². The van der Waals surface area contributed by atoms with E-state index in [4.69, 9.17) is 11.5 Å². The van der Waals surface area contributed by atoms with Gasteiger partial charge in [0.05, 0.1) is 0 Å². The highest BCUT2D eigenvalue weighted by Crippen LogP contribution is 2.15. The van der Waals surface area contributed by atoms with Crippen LogP contribution >= 0.6 is 0 Å². The third-order valence-electron chi connectivity index (χ3n) is 2.00. The molecule has 0 aliphatic rings. The van der Waals surface area contributed by atoms with E-state index in [0.29, 0.717) is 6.54 Å². The van der Waals surface area contributed by atoms with E-state index in [1.165, 1.54) is 12.1 Å². The molecule has 0 aliphatic heterocycles. The number of halogens is 1. The molecule has 1 aromatic carbocycles. The van der Waals surface area contributed by atoms with Gasteiger partial charge in [-0.25, -0.2) is 4.39 Å². The summed E-state index contributed by atoms with van der Waals surface area (Å²) in [5.41, 5.74) is 12.0. The van der Waals surface area contributed by atoms with Gasteiger partial charge in [0.2, 0.25) is 0 Å². The molecular formula is C10H15FN2. The van der Waals surface area contributed by atoms with Crippen LogP contribution in [0.2, 0.25) is 0 Å². The Labute approximate surface area is 77.7 Å². The van der Waals surface area contributed by atoms with Crippen molar-refractivity contribution >= 4 is 0 Å². The van der Waals surface area contributed by atoms with Gasteiger partial charge in [-0.05, 0) is 37.1 Å². The van der Waals surface area contributed by atoms with E-state index in [0.717, 1.165) is 18.4 Å². The molecule has 1 atom stereocenters. The van der Waals surface area contributed by atoms with E-state index in [-0.39, 0.29) is 11.9 Å². The summed E-state index contributed by atoms with van der Waals surface area (Å²) < 4.78 is 12.8. The highest BCUT2D eigenvalue weighted by Gasteiger charge is 2.05. The van der Waals surface area contributed by atoms with Gasteiger partial charge in [0.15, 0.2) is 0 Å². The standard InChI is InChI=1S/C10H15FN2/c11-9-4-1-3-8(7-9)10(13)5-2-6-12/h1,3-4,7,10H,2,5-6,12-13H2. The minimum absolute atomic E-state index is 0.0979. The zero-order valence-electron chi connectivity index (χ0n) is 7.54. The first kappa shape index (κ1) is 10.2. The maximum absolute atomic E-state index is 12.8. The van der Waals surface area contributed by atoms with Crippen molar-refractivity contribution in [2.45, 2.75) is 18.9 Å². The molecule has 0 fully saturated rings. The Morgan fingerprint density at radius 2 is 2.15 bits per heavy atom. The maximum Gasteiger partial charge on any atom is 0.123 e. The van der Waals surface area contributed by atoms with Crippen molar-refractivity contribution in [3.05, 3.63) is 35.6 Å². The molecule has 1 rings (SSSR count). The van der Waals surface area contributed by atoms with Crippen LogP contribution in [-0.4, -0.2) is 6.54 Å². The lowest BCUT2D eigenvalue weighted by atomic mass is 10.0. The van der Waals surface area contributed by atoms with Gasteiger partial charge in [0.25, 0.3) is 0 Å². The summed E-state index contributed by atoms with van der Waals surface area (Å²) in [6.45, 7) is 0.628. The molecule has 0 radical (unpaired) electrons. The Kier molecular flexibility index (Phi) is 3.86. The topological polar surface area (TPSA) is 52.0 Å². The van der Waals surface area contributed by atoms with E-state index >= 15 is 0 Å². The first-order valence-electron chi connectivity index (χ1n) is 4.45. The molecule has 0 heterocycles. The molecular weight excluding hydrogens is 167 g/mol. The normalized spacial score (nSPS) is 12.8. The van der Waals surface area contributed by atoms with Crippen LogP contribution in [0.1, 0.15) is 24.4 Å². The largest absolute Gasteiger partial charge is 0.330 e. The predicted octanol–water partition coefficient (Wildman–Crippen LogP) is 1.56. The van der Waals surface area contributed by atoms with Gasteiger partial charge in [0, 0.05) is 6.04 Å². The van der Waals surface area contributed by atoms with Crippen molar-refractivity contribution < 1.29 is 4.39 Å². The van der Waals surface area contributed by atoms with Crippen LogP contribution in [0.3, 0.4) is 0 Å². The molecule has 0 saturated carbocycles. The molecule has 72 valence electrons. The predicted molar refractivity (Wildman–Crippen MR) is 51.6 cm³/mol. The summed E-state index contributed by atoms with van der Waals surface area (Å²) in [7, 11) is 0. The summed E-state index contributed by atoms with van der Waals surface area (Å²) in [4.78, 5) is 0. The van der Waals surface area contributed by atoms with Crippen LogP contribution in [0.5, 0.6) is 0 Å². The monoisotopic (exact) mass is 182 g/mol. The molecule has 2 nitrogen and oxygen atoms in total. The molecule has 4 N–H and O–H groups in total. The quantitative estimate of drug-likeness (QED) is 0.742. The summed E-state index contributed by atoms with van der Waals surface area (Å²) in [5, 5.41) is 0. The molecule has 0 amide bonds. The van der Waals surface area contributed by atoms with E-state index in [1.54, 1.807) is 6.07 Å². The van der Waals surface area contributed by atoms with Crippen molar-refractivity contribution in [3.63, 3.8) is 0 Å². The second-order valence-electron chi connectivity index (χ2n) is 3.09. The lowest BCUT2D eigenvalue weighted by molar-refractivity contribution is 0.597. The molecule has 13 heavy (non-hydrogen) atoms. The third kappa shape index (κ3) is 3.13. The average molecular weight is 182 g/mol. The fourth-order valence-corrected chi connectivity index (χ4v) is 1.24. The zero-order chi connectivity index (χ0) is 9.68. The van der Waals surface area contributed by atoms with Crippen LogP contribution in [0.4, 0.5) is 4.39 Å². The van der Waals surface area contributed by atoms with Gasteiger partial charge in [-0.15, -0.1) is 0 Å². The lowest BCUT2D eigenvalue weighted by Gasteiger charge is -2.10. The van der Waals surface area contributed by atoms with Gasteiger partial charge in [-0.1, -0.05) is 12.1 Å². The van der Waals surface area contributed by atoms with Crippen LogP contribution in [-0.2, 0) is 0 Å². The first-order valence-corrected chi connectivity index (χ1v) is 4.45. The fourth-order valence-electron chi connectivity index (χ4n) is 1.24. The van der Waals surface area contributed by atoms with Crippen molar-refractivity contribution in [2.24, 2.45) is 11.5 Å². The third-order valence-corrected chi connectivity index (χ3v) is 2.00. The minimum atomic E-state index is -0.235.